The number of nitriles is 1. The van der Waals surface area contributed by atoms with Crippen molar-refractivity contribution in [3.63, 3.8) is 0 Å². The second-order valence-corrected chi connectivity index (χ2v) is 8.09. The number of nitrogens with zero attached hydrogens (tertiary/aromatic N) is 2. The largest absolute Gasteiger partial charge is 0.493 e. The van der Waals surface area contributed by atoms with Crippen molar-refractivity contribution < 1.29 is 14.3 Å². The van der Waals surface area contributed by atoms with Crippen LogP contribution < -0.4 is 10.1 Å². The third kappa shape index (κ3) is 6.13. The zero-order valence-corrected chi connectivity index (χ0v) is 18.4. The van der Waals surface area contributed by atoms with E-state index in [1.165, 1.54) is 0 Å². The van der Waals surface area contributed by atoms with Crippen molar-refractivity contribution in [2.24, 2.45) is 5.92 Å². The highest BCUT2D eigenvalue weighted by molar-refractivity contribution is 6.42. The standard InChI is InChI=1S/C23H23Cl2N3O3/c24-19-10-4-9-18(22(19)25)20(14-26)27-23(30)16-6-5-12-28(15-16)21(29)11-13-31-17-7-2-1-3-8-17/h1-4,7-10,16,20H,5-6,11-13,15H2,(H,27,30). The van der Waals surface area contributed by atoms with Crippen molar-refractivity contribution in [2.45, 2.75) is 25.3 Å². The van der Waals surface area contributed by atoms with Gasteiger partial charge in [-0.2, -0.15) is 5.26 Å². The molecule has 8 heteroatoms. The second kappa shape index (κ2) is 11.0. The average molecular weight is 460 g/mol. The summed E-state index contributed by atoms with van der Waals surface area (Å²) in [6.07, 6.45) is 1.61. The van der Waals surface area contributed by atoms with Crippen molar-refractivity contribution in [1.82, 2.24) is 10.2 Å². The number of halogens is 2. The van der Waals surface area contributed by atoms with Gasteiger partial charge in [0, 0.05) is 18.7 Å². The second-order valence-electron chi connectivity index (χ2n) is 7.30. The summed E-state index contributed by atoms with van der Waals surface area (Å²) in [5.74, 6) is -0.00116. The van der Waals surface area contributed by atoms with Gasteiger partial charge in [-0.1, -0.05) is 53.5 Å². The summed E-state index contributed by atoms with van der Waals surface area (Å²) >= 11 is 12.2. The van der Waals surface area contributed by atoms with Crippen LogP contribution in [0.15, 0.2) is 48.5 Å². The van der Waals surface area contributed by atoms with Crippen molar-refractivity contribution >= 4 is 35.0 Å². The number of hydrogen-bond donors (Lipinski definition) is 1. The van der Waals surface area contributed by atoms with Gasteiger partial charge in [0.05, 0.1) is 35.1 Å². The van der Waals surface area contributed by atoms with E-state index >= 15 is 0 Å². The molecule has 0 saturated carbocycles. The Hall–Kier alpha value is -2.75. The van der Waals surface area contributed by atoms with Gasteiger partial charge in [-0.25, -0.2) is 0 Å². The molecule has 2 amide bonds. The third-order valence-electron chi connectivity index (χ3n) is 5.18. The Balaban J connectivity index is 1.54. The Bertz CT molecular complexity index is 962. The fourth-order valence-electron chi connectivity index (χ4n) is 3.53. The summed E-state index contributed by atoms with van der Waals surface area (Å²) in [5, 5.41) is 12.8. The molecule has 0 aromatic heterocycles. The highest BCUT2D eigenvalue weighted by Gasteiger charge is 2.30. The molecule has 0 bridgehead atoms. The molecule has 1 fully saturated rings. The summed E-state index contributed by atoms with van der Waals surface area (Å²) in [5.41, 5.74) is 0.451. The number of benzene rings is 2. The number of piperidine rings is 1. The van der Waals surface area contributed by atoms with Crippen LogP contribution in [0.25, 0.3) is 0 Å². The van der Waals surface area contributed by atoms with Gasteiger partial charge in [0.25, 0.3) is 0 Å². The van der Waals surface area contributed by atoms with Crippen LogP contribution in [0.1, 0.15) is 30.9 Å². The van der Waals surface area contributed by atoms with Gasteiger partial charge in [-0.15, -0.1) is 0 Å². The molecule has 31 heavy (non-hydrogen) atoms. The Kier molecular flexibility index (Phi) is 8.16. The van der Waals surface area contributed by atoms with Crippen LogP contribution in [0.4, 0.5) is 0 Å². The van der Waals surface area contributed by atoms with E-state index in [9.17, 15) is 14.9 Å². The Morgan fingerprint density at radius 3 is 2.71 bits per heavy atom. The Morgan fingerprint density at radius 2 is 1.97 bits per heavy atom. The molecule has 2 aromatic carbocycles. The van der Waals surface area contributed by atoms with Gasteiger partial charge in [-0.3, -0.25) is 9.59 Å². The lowest BCUT2D eigenvalue weighted by atomic mass is 9.96. The summed E-state index contributed by atoms with van der Waals surface area (Å²) in [6.45, 7) is 1.20. The maximum Gasteiger partial charge on any atom is 0.226 e. The van der Waals surface area contributed by atoms with Gasteiger partial charge >= 0.3 is 0 Å². The maximum absolute atomic E-state index is 12.8. The van der Waals surface area contributed by atoms with E-state index in [1.54, 1.807) is 23.1 Å². The summed E-state index contributed by atoms with van der Waals surface area (Å²) in [4.78, 5) is 27.1. The summed E-state index contributed by atoms with van der Waals surface area (Å²) in [6, 6.07) is 15.4. The van der Waals surface area contributed by atoms with Crippen LogP contribution in [0.5, 0.6) is 5.75 Å². The van der Waals surface area contributed by atoms with Crippen molar-refractivity contribution in [1.29, 1.82) is 5.26 Å². The first-order chi connectivity index (χ1) is 15.0. The predicted molar refractivity (Wildman–Crippen MR) is 119 cm³/mol. The van der Waals surface area contributed by atoms with Gasteiger partial charge in [0.15, 0.2) is 0 Å². The predicted octanol–water partition coefficient (Wildman–Crippen LogP) is 4.38. The molecule has 0 spiro atoms. The molecule has 1 N–H and O–H groups in total. The van der Waals surface area contributed by atoms with Gasteiger partial charge < -0.3 is 15.0 Å². The average Bonchev–Trinajstić information content (AvgIpc) is 2.80. The fraction of sp³-hybridized carbons (Fsp3) is 0.348. The Morgan fingerprint density at radius 1 is 1.19 bits per heavy atom. The van der Waals surface area contributed by atoms with Crippen LogP contribution in [0.3, 0.4) is 0 Å². The number of carbonyl (C=O) groups excluding carboxylic acids is 2. The van der Waals surface area contributed by atoms with Gasteiger partial charge in [0.2, 0.25) is 11.8 Å². The molecule has 0 aliphatic carbocycles. The minimum atomic E-state index is -0.913. The van der Waals surface area contributed by atoms with Crippen LogP contribution in [-0.4, -0.2) is 36.4 Å². The molecule has 3 rings (SSSR count). The molecule has 2 aromatic rings. The molecule has 0 radical (unpaired) electrons. The van der Waals surface area contributed by atoms with Gasteiger partial charge in [0.1, 0.15) is 11.8 Å². The quantitative estimate of drug-likeness (QED) is 0.665. The van der Waals surface area contributed by atoms with Crippen molar-refractivity contribution in [3.8, 4) is 11.8 Å². The number of para-hydroxylation sites is 1. The SMILES string of the molecule is N#CC(NC(=O)C1CCCN(C(=O)CCOc2ccccc2)C1)c1cccc(Cl)c1Cl. The topological polar surface area (TPSA) is 82.4 Å². The lowest BCUT2D eigenvalue weighted by Gasteiger charge is -2.32. The van der Waals surface area contributed by atoms with E-state index < -0.39 is 6.04 Å². The first-order valence-electron chi connectivity index (χ1n) is 10.1. The fourth-order valence-corrected chi connectivity index (χ4v) is 3.95. The van der Waals surface area contributed by atoms with E-state index in [4.69, 9.17) is 27.9 Å². The molecule has 162 valence electrons. The molecular weight excluding hydrogens is 437 g/mol. The molecule has 1 heterocycles. The first kappa shape index (κ1) is 22.9. The number of amides is 2. The summed E-state index contributed by atoms with van der Waals surface area (Å²) in [7, 11) is 0. The van der Waals surface area contributed by atoms with Crippen molar-refractivity contribution in [2.75, 3.05) is 19.7 Å². The van der Waals surface area contributed by atoms with E-state index in [-0.39, 0.29) is 35.8 Å². The maximum atomic E-state index is 12.8. The number of likely N-dealkylation sites (tertiary alicyclic amines) is 1. The van der Waals surface area contributed by atoms with Crippen LogP contribution in [0.2, 0.25) is 10.0 Å². The number of carbonyl (C=O) groups is 2. The number of ether oxygens (including phenoxy) is 1. The lowest BCUT2D eigenvalue weighted by Crippen LogP contribution is -2.46. The zero-order chi connectivity index (χ0) is 22.2. The normalized spacial score (nSPS) is 16.8. The van der Waals surface area contributed by atoms with Crippen molar-refractivity contribution in [3.05, 3.63) is 64.1 Å². The zero-order valence-electron chi connectivity index (χ0n) is 16.9. The number of rotatable bonds is 7. The molecule has 1 aliphatic heterocycles. The molecule has 1 saturated heterocycles. The highest BCUT2D eigenvalue weighted by atomic mass is 35.5. The van der Waals surface area contributed by atoms with Gasteiger partial charge in [-0.05, 0) is 31.0 Å². The van der Waals surface area contributed by atoms with E-state index in [2.05, 4.69) is 11.4 Å². The molecule has 2 atom stereocenters. The molecule has 2 unspecified atom stereocenters. The number of nitrogens with one attached hydrogen (secondary N) is 1. The minimum Gasteiger partial charge on any atom is -0.493 e. The molecular formula is C23H23Cl2N3O3. The number of hydrogen-bond acceptors (Lipinski definition) is 4. The van der Waals surface area contributed by atoms with E-state index in [0.717, 1.165) is 6.42 Å². The van der Waals surface area contributed by atoms with Crippen LogP contribution in [0, 0.1) is 17.2 Å². The lowest BCUT2D eigenvalue weighted by molar-refractivity contribution is -0.136. The minimum absolute atomic E-state index is 0.0526. The monoisotopic (exact) mass is 459 g/mol. The van der Waals surface area contributed by atoms with E-state index in [1.807, 2.05) is 30.3 Å². The molecule has 6 nitrogen and oxygen atoms in total. The van der Waals surface area contributed by atoms with Crippen LogP contribution in [-0.2, 0) is 9.59 Å². The highest BCUT2D eigenvalue weighted by Crippen LogP contribution is 2.30. The Labute approximate surface area is 191 Å². The molecule has 1 aliphatic rings. The smallest absolute Gasteiger partial charge is 0.226 e. The van der Waals surface area contributed by atoms with Crippen LogP contribution >= 0.6 is 23.2 Å². The van der Waals surface area contributed by atoms with E-state index in [0.29, 0.717) is 35.8 Å². The third-order valence-corrected chi connectivity index (χ3v) is 6.01. The first-order valence-corrected chi connectivity index (χ1v) is 10.8. The summed E-state index contributed by atoms with van der Waals surface area (Å²) < 4.78 is 5.59.